The Morgan fingerprint density at radius 3 is 2.62 bits per heavy atom. The fourth-order valence-electron chi connectivity index (χ4n) is 0.816. The van der Waals surface area contributed by atoms with E-state index in [4.69, 9.17) is 20.0 Å². The van der Waals surface area contributed by atoms with E-state index in [-0.39, 0.29) is 12.5 Å². The number of hydrogen-bond acceptors (Lipinski definition) is 5. The fraction of sp³-hybridized carbons (Fsp3) is 0.833. The highest BCUT2D eigenvalue weighted by Gasteiger charge is 2.19. The maximum atomic E-state index is 10.6. The molecule has 6 nitrogen and oxygen atoms in total. The number of hydrogen-bond donors (Lipinski definition) is 4. The molecule has 7 heteroatoms. The van der Waals surface area contributed by atoms with E-state index < -0.39 is 20.7 Å². The van der Waals surface area contributed by atoms with Crippen LogP contribution in [0.5, 0.6) is 0 Å². The van der Waals surface area contributed by atoms with Gasteiger partial charge in [0.25, 0.3) is 0 Å². The summed E-state index contributed by atoms with van der Waals surface area (Å²) in [5.74, 6) is -0.270. The molecule has 78 valence electrons. The van der Waals surface area contributed by atoms with Gasteiger partial charge in [0, 0.05) is 6.92 Å². The molecule has 0 saturated heterocycles. The number of nitrogens with one attached hydrogen (secondary N) is 1. The first-order valence-corrected chi connectivity index (χ1v) is 5.04. The normalized spacial score (nSPS) is 17.6. The topological polar surface area (TPSA) is 105 Å². The van der Waals surface area contributed by atoms with Gasteiger partial charge in [-0.2, -0.15) is 0 Å². The molecular weight excluding hydrogens is 195 g/mol. The summed E-state index contributed by atoms with van der Waals surface area (Å²) in [6, 6.07) is -0.543. The molecule has 0 aliphatic carbocycles. The molecule has 5 N–H and O–H groups in total. The molecule has 1 unspecified atom stereocenters. The molecule has 0 radical (unpaired) electrons. The van der Waals surface area contributed by atoms with Crippen LogP contribution in [0.4, 0.5) is 0 Å². The molecule has 3 atom stereocenters. The van der Waals surface area contributed by atoms with E-state index in [9.17, 15) is 4.79 Å². The number of amides is 1. The third kappa shape index (κ3) is 5.90. The number of carbonyl (C=O) groups excluding carboxylic acids is 1. The van der Waals surface area contributed by atoms with Crippen molar-refractivity contribution in [2.75, 3.05) is 6.61 Å². The number of aliphatic hydroxyl groups excluding tert-OH is 1. The summed E-state index contributed by atoms with van der Waals surface area (Å²) in [4.78, 5) is 19.4. The molecule has 0 spiro atoms. The molecule has 13 heavy (non-hydrogen) atoms. The Kier molecular flexibility index (Phi) is 6.11. The SMILES string of the molecule is CC(=O)N[C@@H](CO)[C@H](C)OP(N)O. The summed E-state index contributed by atoms with van der Waals surface area (Å²) >= 11 is 0. The van der Waals surface area contributed by atoms with Crippen LogP contribution in [0.3, 0.4) is 0 Å². The molecule has 0 heterocycles. The minimum Gasteiger partial charge on any atom is -0.394 e. The Balaban J connectivity index is 3.98. The Morgan fingerprint density at radius 1 is 1.77 bits per heavy atom. The summed E-state index contributed by atoms with van der Waals surface area (Å²) in [5.41, 5.74) is 5.02. The minimum absolute atomic E-state index is 0.260. The zero-order valence-electron chi connectivity index (χ0n) is 7.60. The largest absolute Gasteiger partial charge is 0.394 e. The summed E-state index contributed by atoms with van der Waals surface area (Å²) in [6.07, 6.45) is -0.519. The number of carbonyl (C=O) groups is 1. The Bertz CT molecular complexity index is 167. The first-order chi connectivity index (χ1) is 5.97. The molecule has 0 fully saturated rings. The van der Waals surface area contributed by atoms with Gasteiger partial charge >= 0.3 is 0 Å². The van der Waals surface area contributed by atoms with Crippen molar-refractivity contribution in [2.24, 2.45) is 5.50 Å². The number of aliphatic hydroxyl groups is 1. The average molecular weight is 210 g/mol. The van der Waals surface area contributed by atoms with E-state index in [1.807, 2.05) is 0 Å². The maximum absolute atomic E-state index is 10.6. The van der Waals surface area contributed by atoms with Gasteiger partial charge in [-0.1, -0.05) is 0 Å². The second-order valence-electron chi connectivity index (χ2n) is 2.60. The lowest BCUT2D eigenvalue weighted by Gasteiger charge is -2.23. The zero-order chi connectivity index (χ0) is 10.4. The van der Waals surface area contributed by atoms with Gasteiger partial charge in [0.15, 0.2) is 0 Å². The minimum atomic E-state index is -1.97. The van der Waals surface area contributed by atoms with Crippen molar-refractivity contribution in [2.45, 2.75) is 26.0 Å². The summed E-state index contributed by atoms with van der Waals surface area (Å²) in [6.45, 7) is 2.68. The lowest BCUT2D eigenvalue weighted by atomic mass is 10.2. The second-order valence-corrected chi connectivity index (χ2v) is 3.42. The van der Waals surface area contributed by atoms with Crippen molar-refractivity contribution < 1.29 is 19.3 Å². The van der Waals surface area contributed by atoms with Crippen molar-refractivity contribution in [3.63, 3.8) is 0 Å². The third-order valence-electron chi connectivity index (χ3n) is 1.43. The maximum Gasteiger partial charge on any atom is 0.250 e. The monoisotopic (exact) mass is 210 g/mol. The van der Waals surface area contributed by atoms with E-state index in [0.717, 1.165) is 0 Å². The van der Waals surface area contributed by atoms with Gasteiger partial charge in [-0.05, 0) is 6.92 Å². The highest BCUT2D eigenvalue weighted by atomic mass is 31.2. The summed E-state index contributed by atoms with van der Waals surface area (Å²) in [7, 11) is -1.97. The Morgan fingerprint density at radius 2 is 2.31 bits per heavy atom. The van der Waals surface area contributed by atoms with Crippen LogP contribution < -0.4 is 10.8 Å². The first kappa shape index (κ1) is 12.7. The Hall–Kier alpha value is -0.260. The second kappa shape index (κ2) is 6.23. The first-order valence-electron chi connectivity index (χ1n) is 3.75. The van der Waals surface area contributed by atoms with Crippen molar-refractivity contribution in [3.05, 3.63) is 0 Å². The van der Waals surface area contributed by atoms with Gasteiger partial charge < -0.3 is 19.8 Å². The predicted molar refractivity (Wildman–Crippen MR) is 48.6 cm³/mol. The van der Waals surface area contributed by atoms with Gasteiger partial charge in [-0.3, -0.25) is 10.3 Å². The molecule has 0 aromatic heterocycles. The van der Waals surface area contributed by atoms with Crippen LogP contribution >= 0.6 is 8.53 Å². The van der Waals surface area contributed by atoms with Crippen LogP contribution in [0.2, 0.25) is 0 Å². The van der Waals surface area contributed by atoms with Crippen LogP contribution in [0.1, 0.15) is 13.8 Å². The zero-order valence-corrected chi connectivity index (χ0v) is 8.49. The van der Waals surface area contributed by atoms with E-state index >= 15 is 0 Å². The smallest absolute Gasteiger partial charge is 0.250 e. The van der Waals surface area contributed by atoms with Crippen LogP contribution in [0.15, 0.2) is 0 Å². The van der Waals surface area contributed by atoms with Crippen molar-refractivity contribution >= 4 is 14.4 Å². The molecular formula is C6H15N2O4P. The molecule has 1 amide bonds. The predicted octanol–water partition coefficient (Wildman–Crippen LogP) is -0.934. The molecule has 0 aromatic carbocycles. The summed E-state index contributed by atoms with van der Waals surface area (Å²) in [5, 5.41) is 11.3. The van der Waals surface area contributed by atoms with E-state index in [1.165, 1.54) is 6.92 Å². The summed E-state index contributed by atoms with van der Waals surface area (Å²) < 4.78 is 4.83. The third-order valence-corrected chi connectivity index (χ3v) is 1.97. The van der Waals surface area contributed by atoms with E-state index in [2.05, 4.69) is 5.32 Å². The van der Waals surface area contributed by atoms with Gasteiger partial charge in [0.2, 0.25) is 14.4 Å². The standard InChI is InChI=1S/C6H15N2O4P/c1-4(12-13(7)11)6(3-9)8-5(2)10/h4,6,9,11H,3,7H2,1-2H3,(H,8,10)/t4-,6-,13?/m0/s1. The van der Waals surface area contributed by atoms with Crippen LogP contribution in [0.25, 0.3) is 0 Å². The van der Waals surface area contributed by atoms with Gasteiger partial charge in [-0.25, -0.2) is 0 Å². The van der Waals surface area contributed by atoms with Crippen molar-refractivity contribution in [1.29, 1.82) is 0 Å². The van der Waals surface area contributed by atoms with Gasteiger partial charge in [0.1, 0.15) is 0 Å². The Labute approximate surface area is 78.0 Å². The van der Waals surface area contributed by atoms with Gasteiger partial charge in [-0.15, -0.1) is 0 Å². The average Bonchev–Trinajstić information content (AvgIpc) is 1.98. The van der Waals surface area contributed by atoms with Crippen molar-refractivity contribution in [1.82, 2.24) is 5.32 Å². The van der Waals surface area contributed by atoms with Gasteiger partial charge in [0.05, 0.1) is 18.8 Å². The fourth-order valence-corrected chi connectivity index (χ4v) is 1.30. The molecule has 0 rings (SSSR count). The highest BCUT2D eigenvalue weighted by Crippen LogP contribution is 2.23. The van der Waals surface area contributed by atoms with Crippen LogP contribution in [-0.2, 0) is 9.32 Å². The lowest BCUT2D eigenvalue weighted by Crippen LogP contribution is -2.44. The van der Waals surface area contributed by atoms with E-state index in [1.54, 1.807) is 6.92 Å². The lowest BCUT2D eigenvalue weighted by molar-refractivity contribution is -0.120. The molecule has 0 aliphatic heterocycles. The quantitative estimate of drug-likeness (QED) is 0.439. The van der Waals surface area contributed by atoms with Crippen LogP contribution in [-0.4, -0.2) is 34.7 Å². The molecule has 0 saturated carbocycles. The molecule has 0 aromatic rings. The molecule has 0 aliphatic rings. The number of nitrogens with two attached hydrogens (primary N) is 1. The van der Waals surface area contributed by atoms with Crippen LogP contribution in [0, 0.1) is 0 Å². The van der Waals surface area contributed by atoms with E-state index in [0.29, 0.717) is 0 Å². The highest BCUT2D eigenvalue weighted by molar-refractivity contribution is 7.43. The molecule has 0 bridgehead atoms. The number of rotatable bonds is 5. The van der Waals surface area contributed by atoms with Crippen molar-refractivity contribution in [3.8, 4) is 0 Å².